The average molecular weight is 321 g/mol. The van der Waals surface area contributed by atoms with E-state index in [1.165, 1.54) is 29.2 Å². The van der Waals surface area contributed by atoms with Gasteiger partial charge in [0.1, 0.15) is 0 Å². The van der Waals surface area contributed by atoms with E-state index in [1.54, 1.807) is 0 Å². The third-order valence-corrected chi connectivity index (χ3v) is 4.71. The predicted molar refractivity (Wildman–Crippen MR) is 78.2 cm³/mol. The number of hydrogen-bond donors (Lipinski definition) is 0. The Morgan fingerprint density at radius 1 is 1.31 bits per heavy atom. The first-order valence-corrected chi connectivity index (χ1v) is 8.14. The molecule has 1 aromatic carbocycles. The second-order valence-corrected chi connectivity index (χ2v) is 6.03. The van der Waals surface area contributed by atoms with E-state index in [0.29, 0.717) is 0 Å². The largest absolute Gasteiger partial charge is 0.369 e. The molecule has 0 amide bonds. The molecule has 0 spiro atoms. The van der Waals surface area contributed by atoms with Gasteiger partial charge < -0.3 is 4.90 Å². The predicted octanol–water partition coefficient (Wildman–Crippen LogP) is 4.18. The Bertz CT molecular complexity index is 351. The fourth-order valence-corrected chi connectivity index (χ4v) is 3.64. The van der Waals surface area contributed by atoms with Gasteiger partial charge >= 0.3 is 0 Å². The van der Waals surface area contributed by atoms with Crippen molar-refractivity contribution in [3.8, 4) is 0 Å². The minimum absolute atomic E-state index is 0.868. The molecule has 1 saturated heterocycles. The van der Waals surface area contributed by atoms with Gasteiger partial charge in [-0.1, -0.05) is 39.7 Å². The molecule has 0 N–H and O–H groups in total. The second kappa shape index (κ2) is 6.18. The molecule has 4 heteroatoms. The van der Waals surface area contributed by atoms with Crippen LogP contribution in [0, 0.1) is 0 Å². The maximum atomic E-state index is 6.33. The highest BCUT2D eigenvalue weighted by atomic mass is 79.9. The van der Waals surface area contributed by atoms with Gasteiger partial charge in [0.2, 0.25) is 0 Å². The Kier molecular flexibility index (Phi) is 4.86. The highest BCUT2D eigenvalue weighted by Gasteiger charge is 2.15. The van der Waals surface area contributed by atoms with Crippen molar-refractivity contribution >= 4 is 45.0 Å². The molecule has 0 atom stereocenters. The van der Waals surface area contributed by atoms with E-state index in [4.69, 9.17) is 11.6 Å². The molecule has 0 aliphatic carbocycles. The summed E-state index contributed by atoms with van der Waals surface area (Å²) in [6, 6.07) is 6.16. The van der Waals surface area contributed by atoms with Gasteiger partial charge in [-0.05, 0) is 23.8 Å². The van der Waals surface area contributed by atoms with E-state index in [9.17, 15) is 0 Å². The highest BCUT2D eigenvalue weighted by molar-refractivity contribution is 9.08. The van der Waals surface area contributed by atoms with Gasteiger partial charge in [-0.3, -0.25) is 0 Å². The normalized spacial score (nSPS) is 17.2. The van der Waals surface area contributed by atoms with E-state index >= 15 is 0 Å². The zero-order valence-corrected chi connectivity index (χ0v) is 12.2. The first kappa shape index (κ1) is 12.6. The van der Waals surface area contributed by atoms with Gasteiger partial charge in [-0.2, -0.15) is 11.8 Å². The number of nitrogens with zero attached hydrogens (tertiary/aromatic N) is 1. The second-order valence-electron chi connectivity index (χ2n) is 3.83. The highest BCUT2D eigenvalue weighted by Crippen LogP contribution is 2.32. The molecule has 1 aliphatic heterocycles. The zero-order valence-electron chi connectivity index (χ0n) is 9.09. The van der Waals surface area contributed by atoms with Crippen LogP contribution >= 0.6 is 39.3 Å². The molecule has 1 aliphatic rings. The summed E-state index contributed by atoms with van der Waals surface area (Å²) in [4.78, 5) is 2.43. The number of alkyl halides is 1. The summed E-state index contributed by atoms with van der Waals surface area (Å²) in [5, 5.41) is 1.75. The van der Waals surface area contributed by atoms with Crippen molar-refractivity contribution in [2.45, 2.75) is 11.8 Å². The fraction of sp³-hybridized carbons (Fsp3) is 0.500. The smallest absolute Gasteiger partial charge is 0.0642 e. The Labute approximate surface area is 115 Å². The number of halogens is 2. The Morgan fingerprint density at radius 3 is 3.00 bits per heavy atom. The van der Waals surface area contributed by atoms with Crippen LogP contribution in [0.4, 0.5) is 5.69 Å². The summed E-state index contributed by atoms with van der Waals surface area (Å²) < 4.78 is 0. The van der Waals surface area contributed by atoms with Gasteiger partial charge in [0.25, 0.3) is 0 Å². The van der Waals surface area contributed by atoms with Crippen LogP contribution in [0.3, 0.4) is 0 Å². The van der Waals surface area contributed by atoms with Crippen LogP contribution in [-0.2, 0) is 5.33 Å². The van der Waals surface area contributed by atoms with Crippen molar-refractivity contribution in [3.05, 3.63) is 28.8 Å². The summed E-state index contributed by atoms with van der Waals surface area (Å²) in [5.41, 5.74) is 2.52. The zero-order chi connectivity index (χ0) is 11.4. The Hall–Kier alpha value is 0.140. The average Bonchev–Trinajstić information content (AvgIpc) is 2.57. The van der Waals surface area contributed by atoms with Crippen LogP contribution < -0.4 is 4.90 Å². The van der Waals surface area contributed by atoms with Crippen molar-refractivity contribution < 1.29 is 0 Å². The van der Waals surface area contributed by atoms with Gasteiger partial charge in [-0.25, -0.2) is 0 Å². The molecule has 0 saturated carbocycles. The lowest BCUT2D eigenvalue weighted by Crippen LogP contribution is -2.26. The number of thioether (sulfide) groups is 1. The van der Waals surface area contributed by atoms with Crippen molar-refractivity contribution in [2.24, 2.45) is 0 Å². The first-order chi connectivity index (χ1) is 7.83. The lowest BCUT2D eigenvalue weighted by atomic mass is 10.1. The third-order valence-electron chi connectivity index (χ3n) is 2.75. The number of para-hydroxylation sites is 1. The van der Waals surface area contributed by atoms with Gasteiger partial charge in [0, 0.05) is 24.2 Å². The van der Waals surface area contributed by atoms with Crippen molar-refractivity contribution in [3.63, 3.8) is 0 Å². The fourth-order valence-electron chi connectivity index (χ4n) is 1.99. The first-order valence-electron chi connectivity index (χ1n) is 5.49. The maximum Gasteiger partial charge on any atom is 0.0642 e. The molecule has 0 radical (unpaired) electrons. The van der Waals surface area contributed by atoms with E-state index in [2.05, 4.69) is 26.9 Å². The molecule has 1 fully saturated rings. The number of hydrogen-bond acceptors (Lipinski definition) is 2. The molecule has 1 nitrogen and oxygen atoms in total. The molecule has 0 bridgehead atoms. The van der Waals surface area contributed by atoms with Gasteiger partial charge in [0.05, 0.1) is 10.7 Å². The monoisotopic (exact) mass is 319 g/mol. The van der Waals surface area contributed by atoms with Crippen LogP contribution in [0.5, 0.6) is 0 Å². The van der Waals surface area contributed by atoms with E-state index in [-0.39, 0.29) is 0 Å². The Balaban J connectivity index is 2.29. The van der Waals surface area contributed by atoms with Crippen LogP contribution in [0.2, 0.25) is 5.02 Å². The minimum atomic E-state index is 0.868. The Morgan fingerprint density at radius 2 is 2.19 bits per heavy atom. The molecule has 2 rings (SSSR count). The van der Waals surface area contributed by atoms with E-state index in [1.807, 2.05) is 23.9 Å². The molecular weight excluding hydrogens is 306 g/mol. The van der Waals surface area contributed by atoms with Crippen molar-refractivity contribution in [2.75, 3.05) is 29.5 Å². The molecule has 1 heterocycles. The van der Waals surface area contributed by atoms with Crippen LogP contribution in [-0.4, -0.2) is 24.6 Å². The standard InChI is InChI=1S/C12H15BrClNS/c13-9-10-3-1-4-11(14)12(10)15-5-2-7-16-8-6-15/h1,3-4H,2,5-9H2. The summed E-state index contributed by atoms with van der Waals surface area (Å²) in [6.45, 7) is 2.23. The molecule has 16 heavy (non-hydrogen) atoms. The minimum Gasteiger partial charge on any atom is -0.369 e. The quantitative estimate of drug-likeness (QED) is 0.752. The molecular formula is C12H15BrClNS. The van der Waals surface area contributed by atoms with E-state index in [0.717, 1.165) is 23.4 Å². The number of rotatable bonds is 2. The lowest BCUT2D eigenvalue weighted by molar-refractivity contribution is 0.813. The SMILES string of the molecule is Clc1cccc(CBr)c1N1CCCSCC1. The third kappa shape index (κ3) is 2.88. The maximum absolute atomic E-state index is 6.33. The van der Waals surface area contributed by atoms with Crippen molar-refractivity contribution in [1.29, 1.82) is 0 Å². The van der Waals surface area contributed by atoms with Crippen LogP contribution in [0.25, 0.3) is 0 Å². The molecule has 0 unspecified atom stereocenters. The summed E-state index contributed by atoms with van der Waals surface area (Å²) in [6.07, 6.45) is 1.25. The summed E-state index contributed by atoms with van der Waals surface area (Å²) in [5.74, 6) is 2.47. The number of anilines is 1. The summed E-state index contributed by atoms with van der Waals surface area (Å²) >= 11 is 11.9. The number of benzene rings is 1. The topological polar surface area (TPSA) is 3.24 Å². The summed E-state index contributed by atoms with van der Waals surface area (Å²) in [7, 11) is 0. The van der Waals surface area contributed by atoms with Crippen LogP contribution in [0.15, 0.2) is 18.2 Å². The molecule has 1 aromatic rings. The van der Waals surface area contributed by atoms with Gasteiger partial charge in [-0.15, -0.1) is 0 Å². The molecule has 88 valence electrons. The van der Waals surface area contributed by atoms with Crippen molar-refractivity contribution in [1.82, 2.24) is 0 Å². The van der Waals surface area contributed by atoms with Crippen LogP contribution in [0.1, 0.15) is 12.0 Å². The van der Waals surface area contributed by atoms with Gasteiger partial charge in [0.15, 0.2) is 0 Å². The molecule has 0 aromatic heterocycles. The van der Waals surface area contributed by atoms with E-state index < -0.39 is 0 Å². The lowest BCUT2D eigenvalue weighted by Gasteiger charge is -2.25.